The van der Waals surface area contributed by atoms with Crippen LogP contribution in [0.3, 0.4) is 0 Å². The van der Waals surface area contributed by atoms with Crippen LogP contribution in [-0.2, 0) is 19.1 Å². The number of hydrogen-bond acceptors (Lipinski definition) is 5. The van der Waals surface area contributed by atoms with Crippen molar-refractivity contribution in [3.63, 3.8) is 0 Å². The van der Waals surface area contributed by atoms with E-state index in [0.29, 0.717) is 18.4 Å². The smallest absolute Gasteiger partial charge is 0.334 e. The maximum absolute atomic E-state index is 12.3. The minimum Gasteiger partial charge on any atom is -0.461 e. The van der Waals surface area contributed by atoms with Crippen LogP contribution in [0.15, 0.2) is 46.6 Å². The van der Waals surface area contributed by atoms with Gasteiger partial charge in [-0.25, -0.2) is 4.79 Å². The number of aliphatic hydroxyl groups is 1. The Balaban J connectivity index is 2.76. The third-order valence-electron chi connectivity index (χ3n) is 4.30. The summed E-state index contributed by atoms with van der Waals surface area (Å²) in [5, 5.41) is 8.92. The zero-order valence-electron chi connectivity index (χ0n) is 16.9. The fourth-order valence-corrected chi connectivity index (χ4v) is 2.74. The fourth-order valence-electron chi connectivity index (χ4n) is 2.74. The van der Waals surface area contributed by atoms with Gasteiger partial charge in [0.05, 0.1) is 6.61 Å². The Morgan fingerprint density at radius 1 is 1.22 bits per heavy atom. The number of carbonyl (C=O) groups is 2. The third kappa shape index (κ3) is 9.38. The minimum atomic E-state index is -0.397. The number of carbonyl (C=O) groups excluding carboxylic acids is 2. The predicted octanol–water partition coefficient (Wildman–Crippen LogP) is 4.18. The molecular weight excluding hydrogens is 344 g/mol. The molecule has 0 amide bonds. The average molecular weight is 376 g/mol. The van der Waals surface area contributed by atoms with Gasteiger partial charge in [-0.15, -0.1) is 0 Å². The van der Waals surface area contributed by atoms with Crippen LogP contribution in [0.5, 0.6) is 0 Å². The molecule has 1 aliphatic rings. The zero-order valence-corrected chi connectivity index (χ0v) is 16.9. The van der Waals surface area contributed by atoms with Crippen molar-refractivity contribution in [2.24, 2.45) is 0 Å². The first-order valence-electron chi connectivity index (χ1n) is 9.45. The fraction of sp³-hybridized carbons (Fsp3) is 0.545. The van der Waals surface area contributed by atoms with E-state index in [1.165, 1.54) is 12.5 Å². The van der Waals surface area contributed by atoms with Gasteiger partial charge in [0.15, 0.2) is 0 Å². The first-order valence-corrected chi connectivity index (χ1v) is 9.45. The molecule has 1 rings (SSSR count). The van der Waals surface area contributed by atoms with E-state index < -0.39 is 6.10 Å². The predicted molar refractivity (Wildman–Crippen MR) is 106 cm³/mol. The second kappa shape index (κ2) is 12.3. The molecule has 1 aliphatic heterocycles. The Kier molecular flexibility index (Phi) is 10.4. The summed E-state index contributed by atoms with van der Waals surface area (Å²) in [5.41, 5.74) is 3.82. The van der Waals surface area contributed by atoms with Gasteiger partial charge in [-0.2, -0.15) is 0 Å². The van der Waals surface area contributed by atoms with Crippen LogP contribution in [0.4, 0.5) is 0 Å². The van der Waals surface area contributed by atoms with Gasteiger partial charge in [-0.3, -0.25) is 4.79 Å². The lowest BCUT2D eigenvalue weighted by atomic mass is 9.98. The molecule has 0 fully saturated rings. The molecule has 0 aromatic rings. The quantitative estimate of drug-likeness (QED) is 0.457. The van der Waals surface area contributed by atoms with Crippen molar-refractivity contribution >= 4 is 11.9 Å². The molecule has 1 atom stereocenters. The van der Waals surface area contributed by atoms with Crippen LogP contribution in [0.25, 0.3) is 0 Å². The van der Waals surface area contributed by atoms with Crippen molar-refractivity contribution in [1.82, 2.24) is 0 Å². The van der Waals surface area contributed by atoms with Crippen LogP contribution in [0, 0.1) is 0 Å². The Morgan fingerprint density at radius 3 is 2.56 bits per heavy atom. The molecule has 0 saturated heterocycles. The lowest BCUT2D eigenvalue weighted by molar-refractivity contribution is -0.144. The molecule has 1 heterocycles. The molecule has 0 radical (unpaired) electrons. The third-order valence-corrected chi connectivity index (χ3v) is 4.30. The van der Waals surface area contributed by atoms with Gasteiger partial charge in [0, 0.05) is 24.5 Å². The molecule has 5 heteroatoms. The lowest BCUT2D eigenvalue weighted by Gasteiger charge is -2.24. The summed E-state index contributed by atoms with van der Waals surface area (Å²) < 4.78 is 10.7. The van der Waals surface area contributed by atoms with Gasteiger partial charge in [-0.1, -0.05) is 35.5 Å². The Morgan fingerprint density at radius 2 is 1.96 bits per heavy atom. The molecule has 5 nitrogen and oxygen atoms in total. The van der Waals surface area contributed by atoms with Crippen LogP contribution in [-0.4, -0.2) is 36.4 Å². The summed E-state index contributed by atoms with van der Waals surface area (Å²) in [4.78, 5) is 23.5. The molecule has 27 heavy (non-hydrogen) atoms. The maximum atomic E-state index is 12.3. The summed E-state index contributed by atoms with van der Waals surface area (Å²) in [5.74, 6) is -0.657. The average Bonchev–Trinajstić information content (AvgIpc) is 2.59. The van der Waals surface area contributed by atoms with Crippen LogP contribution >= 0.6 is 0 Å². The maximum Gasteiger partial charge on any atom is 0.334 e. The highest BCUT2D eigenvalue weighted by Gasteiger charge is 2.25. The van der Waals surface area contributed by atoms with Crippen LogP contribution in [0.2, 0.25) is 0 Å². The van der Waals surface area contributed by atoms with E-state index >= 15 is 0 Å². The first-order chi connectivity index (χ1) is 12.8. The largest absolute Gasteiger partial charge is 0.461 e. The number of aliphatic hydroxyl groups excluding tert-OH is 1. The number of allylic oxidation sites excluding steroid dienone is 4. The van der Waals surface area contributed by atoms with E-state index in [1.807, 2.05) is 32.9 Å². The van der Waals surface area contributed by atoms with Crippen LogP contribution in [0.1, 0.15) is 59.8 Å². The molecule has 0 saturated carbocycles. The standard InChI is InChI=1S/C22H32O5/c1-16(2)7-5-9-19-11-12-21(27-22(19)25)20(15-26-18(4)24)10-6-8-17(3)13-14-23/h7,10-11,13,21,23H,5-6,8-9,12,14-15H2,1-4H3/b17-13-,20-10+/t21-/m1/s1. The summed E-state index contributed by atoms with van der Waals surface area (Å²) in [6.07, 6.45) is 11.0. The highest BCUT2D eigenvalue weighted by atomic mass is 16.6. The van der Waals surface area contributed by atoms with E-state index in [2.05, 4.69) is 6.08 Å². The number of rotatable bonds is 10. The van der Waals surface area contributed by atoms with Crippen molar-refractivity contribution in [3.8, 4) is 0 Å². The zero-order chi connectivity index (χ0) is 20.2. The van der Waals surface area contributed by atoms with Gasteiger partial charge in [0.2, 0.25) is 0 Å². The van der Waals surface area contributed by atoms with Crippen molar-refractivity contribution in [2.75, 3.05) is 13.2 Å². The monoisotopic (exact) mass is 376 g/mol. The topological polar surface area (TPSA) is 72.8 Å². The number of hydrogen-bond donors (Lipinski definition) is 1. The van der Waals surface area contributed by atoms with E-state index in [0.717, 1.165) is 30.4 Å². The first kappa shape index (κ1) is 22.9. The number of cyclic esters (lactones) is 1. The normalized spacial score (nSPS) is 17.9. The van der Waals surface area contributed by atoms with E-state index in [1.54, 1.807) is 6.08 Å². The van der Waals surface area contributed by atoms with Gasteiger partial charge >= 0.3 is 11.9 Å². The molecular formula is C22H32O5. The second-order valence-electron chi connectivity index (χ2n) is 7.01. The molecule has 0 aromatic carbocycles. The Bertz CT molecular complexity index is 633. The number of ether oxygens (including phenoxy) is 2. The molecule has 0 spiro atoms. The minimum absolute atomic E-state index is 0.0242. The van der Waals surface area contributed by atoms with Crippen LogP contribution < -0.4 is 0 Å². The van der Waals surface area contributed by atoms with Crippen molar-refractivity contribution < 1.29 is 24.2 Å². The Labute approximate surface area is 162 Å². The molecule has 150 valence electrons. The van der Waals surface area contributed by atoms with Gasteiger partial charge < -0.3 is 14.6 Å². The van der Waals surface area contributed by atoms with E-state index in [-0.39, 0.29) is 25.2 Å². The van der Waals surface area contributed by atoms with Crippen molar-refractivity contribution in [1.29, 1.82) is 0 Å². The number of esters is 2. The summed E-state index contributed by atoms with van der Waals surface area (Å²) in [7, 11) is 0. The second-order valence-corrected chi connectivity index (χ2v) is 7.01. The lowest BCUT2D eigenvalue weighted by Crippen LogP contribution is -2.27. The van der Waals surface area contributed by atoms with Gasteiger partial charge in [-0.05, 0) is 46.5 Å². The summed E-state index contributed by atoms with van der Waals surface area (Å²) in [6.45, 7) is 7.53. The summed E-state index contributed by atoms with van der Waals surface area (Å²) >= 11 is 0. The Hall–Kier alpha value is -2.14. The highest BCUT2D eigenvalue weighted by Crippen LogP contribution is 2.24. The van der Waals surface area contributed by atoms with E-state index in [9.17, 15) is 9.59 Å². The van der Waals surface area contributed by atoms with Gasteiger partial charge in [0.1, 0.15) is 12.7 Å². The summed E-state index contributed by atoms with van der Waals surface area (Å²) in [6, 6.07) is 0. The van der Waals surface area contributed by atoms with Crippen molar-refractivity contribution in [3.05, 3.63) is 46.6 Å². The van der Waals surface area contributed by atoms with Crippen molar-refractivity contribution in [2.45, 2.75) is 65.9 Å². The molecule has 0 bridgehead atoms. The molecule has 1 N–H and O–H groups in total. The van der Waals surface area contributed by atoms with Gasteiger partial charge in [0.25, 0.3) is 0 Å². The molecule has 0 aliphatic carbocycles. The SMILES string of the molecule is CC(=O)OC/C(=C\CC/C(C)=C\CO)[C@H]1CC=C(CCC=C(C)C)C(=O)O1. The molecule has 0 unspecified atom stereocenters. The molecule has 0 aromatic heterocycles. The highest BCUT2D eigenvalue weighted by molar-refractivity contribution is 5.89. The van der Waals surface area contributed by atoms with E-state index in [4.69, 9.17) is 14.6 Å².